The molecule has 2 amide bonds. The van der Waals surface area contributed by atoms with Gasteiger partial charge in [-0.25, -0.2) is 13.1 Å². The number of hydrogen-bond acceptors (Lipinski definition) is 4. The first-order chi connectivity index (χ1) is 13.7. The van der Waals surface area contributed by atoms with E-state index >= 15 is 0 Å². The second-order valence-corrected chi connectivity index (χ2v) is 9.14. The maximum absolute atomic E-state index is 12.6. The molecule has 2 N–H and O–H groups in total. The largest absolute Gasteiger partial charge is 0.326 e. The molecule has 0 bridgehead atoms. The Bertz CT molecular complexity index is 1060. The van der Waals surface area contributed by atoms with Crippen molar-refractivity contribution in [2.45, 2.75) is 37.6 Å². The number of fused-ring (bicyclic) bond motifs is 1. The van der Waals surface area contributed by atoms with E-state index < -0.39 is 10.0 Å². The number of carbonyl (C=O) groups excluding carboxylic acids is 2. The third kappa shape index (κ3) is 4.95. The zero-order chi connectivity index (χ0) is 21.2. The maximum atomic E-state index is 12.6. The minimum atomic E-state index is -3.77. The van der Waals surface area contributed by atoms with E-state index in [4.69, 9.17) is 11.6 Å². The average molecular weight is 436 g/mol. The van der Waals surface area contributed by atoms with Gasteiger partial charge in [-0.1, -0.05) is 17.7 Å². The van der Waals surface area contributed by atoms with E-state index in [9.17, 15) is 18.0 Å². The van der Waals surface area contributed by atoms with Crippen molar-refractivity contribution in [2.24, 2.45) is 0 Å². The number of anilines is 2. The standard InChI is InChI=1S/C20H22ClN3O4S/c1-13-10-15-11-18(6-7-19(15)24(13)14(2)25)29(27,28)22-9-8-20(26)23-17-5-3-4-16(21)12-17/h3-7,11-13,22H,8-10H2,1-2H3,(H,23,26)/t13-/m1/s1. The molecule has 2 aromatic rings. The van der Waals surface area contributed by atoms with Gasteiger partial charge in [0.25, 0.3) is 0 Å². The van der Waals surface area contributed by atoms with Crippen molar-refractivity contribution in [1.29, 1.82) is 0 Å². The van der Waals surface area contributed by atoms with Gasteiger partial charge in [-0.3, -0.25) is 9.59 Å². The van der Waals surface area contributed by atoms with Crippen molar-refractivity contribution in [3.8, 4) is 0 Å². The number of nitrogens with one attached hydrogen (secondary N) is 2. The first-order valence-electron chi connectivity index (χ1n) is 9.15. The van der Waals surface area contributed by atoms with Crippen LogP contribution in [0.1, 0.15) is 25.8 Å². The van der Waals surface area contributed by atoms with Crippen LogP contribution in [0.25, 0.3) is 0 Å². The Kier molecular flexibility index (Phi) is 6.26. The van der Waals surface area contributed by atoms with Gasteiger partial charge in [0, 0.05) is 42.3 Å². The molecule has 0 spiro atoms. The number of carbonyl (C=O) groups is 2. The summed E-state index contributed by atoms with van der Waals surface area (Å²) in [5.41, 5.74) is 2.10. The summed E-state index contributed by atoms with van der Waals surface area (Å²) < 4.78 is 27.6. The van der Waals surface area contributed by atoms with Gasteiger partial charge >= 0.3 is 0 Å². The molecule has 29 heavy (non-hydrogen) atoms. The summed E-state index contributed by atoms with van der Waals surface area (Å²) in [7, 11) is -3.77. The van der Waals surface area contributed by atoms with E-state index in [1.807, 2.05) is 6.92 Å². The second-order valence-electron chi connectivity index (χ2n) is 6.94. The van der Waals surface area contributed by atoms with Crippen molar-refractivity contribution in [3.63, 3.8) is 0 Å². The van der Waals surface area contributed by atoms with Gasteiger partial charge in [0.05, 0.1) is 4.90 Å². The van der Waals surface area contributed by atoms with Gasteiger partial charge in [0.15, 0.2) is 0 Å². The first-order valence-corrected chi connectivity index (χ1v) is 11.0. The fraction of sp³-hybridized carbons (Fsp3) is 0.300. The molecule has 0 fully saturated rings. The lowest BCUT2D eigenvalue weighted by Gasteiger charge is -2.20. The molecule has 2 aromatic carbocycles. The molecule has 0 aliphatic carbocycles. The molecular formula is C20H22ClN3O4S. The van der Waals surface area contributed by atoms with Crippen molar-refractivity contribution in [1.82, 2.24) is 4.72 Å². The number of sulfonamides is 1. The normalized spacial score (nSPS) is 15.8. The highest BCUT2D eigenvalue weighted by atomic mass is 35.5. The lowest BCUT2D eigenvalue weighted by atomic mass is 10.1. The fourth-order valence-corrected chi connectivity index (χ4v) is 4.70. The molecule has 0 unspecified atom stereocenters. The predicted molar refractivity (Wildman–Crippen MR) is 113 cm³/mol. The minimum Gasteiger partial charge on any atom is -0.326 e. The topological polar surface area (TPSA) is 95.6 Å². The van der Waals surface area contributed by atoms with Gasteiger partial charge < -0.3 is 10.2 Å². The average Bonchev–Trinajstić information content (AvgIpc) is 2.96. The van der Waals surface area contributed by atoms with Crippen molar-refractivity contribution >= 4 is 44.8 Å². The van der Waals surface area contributed by atoms with Crippen LogP contribution in [0.3, 0.4) is 0 Å². The third-order valence-electron chi connectivity index (χ3n) is 4.67. The third-order valence-corrected chi connectivity index (χ3v) is 6.36. The molecule has 0 saturated heterocycles. The van der Waals surface area contributed by atoms with Crippen molar-refractivity contribution in [3.05, 3.63) is 53.1 Å². The van der Waals surface area contributed by atoms with E-state index in [2.05, 4.69) is 10.0 Å². The number of amides is 2. The summed E-state index contributed by atoms with van der Waals surface area (Å²) in [6, 6.07) is 11.4. The zero-order valence-electron chi connectivity index (χ0n) is 16.1. The number of hydrogen-bond donors (Lipinski definition) is 2. The van der Waals surface area contributed by atoms with Crippen LogP contribution in [0.4, 0.5) is 11.4 Å². The zero-order valence-corrected chi connectivity index (χ0v) is 17.7. The summed E-state index contributed by atoms with van der Waals surface area (Å²) in [6.45, 7) is 3.38. The SMILES string of the molecule is CC(=O)N1c2ccc(S(=O)(=O)NCCC(=O)Nc3cccc(Cl)c3)cc2C[C@H]1C. The summed E-state index contributed by atoms with van der Waals surface area (Å²) in [5, 5.41) is 3.17. The van der Waals surface area contributed by atoms with Gasteiger partial charge in [-0.2, -0.15) is 0 Å². The Labute approximate surface area is 175 Å². The molecule has 3 rings (SSSR count). The first kappa shape index (κ1) is 21.3. The molecule has 9 heteroatoms. The molecule has 1 aliphatic heterocycles. The molecule has 0 radical (unpaired) electrons. The van der Waals surface area contributed by atoms with Crippen LogP contribution >= 0.6 is 11.6 Å². The monoisotopic (exact) mass is 435 g/mol. The Hall–Kier alpha value is -2.42. The van der Waals surface area contributed by atoms with Gasteiger partial charge in [0.2, 0.25) is 21.8 Å². The van der Waals surface area contributed by atoms with Crippen LogP contribution < -0.4 is 14.9 Å². The predicted octanol–water partition coefficient (Wildman–Crippen LogP) is 2.94. The lowest BCUT2D eigenvalue weighted by molar-refractivity contribution is -0.117. The summed E-state index contributed by atoms with van der Waals surface area (Å²) in [4.78, 5) is 25.6. The van der Waals surface area contributed by atoms with E-state index in [1.54, 1.807) is 41.3 Å². The maximum Gasteiger partial charge on any atom is 0.240 e. The second kappa shape index (κ2) is 8.52. The molecule has 1 heterocycles. The number of rotatable bonds is 6. The van der Waals surface area contributed by atoms with Gasteiger partial charge in [-0.15, -0.1) is 0 Å². The summed E-state index contributed by atoms with van der Waals surface area (Å²) in [5.74, 6) is -0.398. The van der Waals surface area contributed by atoms with Crippen LogP contribution in [0.2, 0.25) is 5.02 Å². The Morgan fingerprint density at radius 1 is 1.21 bits per heavy atom. The fourth-order valence-electron chi connectivity index (χ4n) is 3.43. The molecule has 7 nitrogen and oxygen atoms in total. The van der Waals surface area contributed by atoms with Crippen LogP contribution in [0, 0.1) is 0 Å². The Morgan fingerprint density at radius 2 is 1.97 bits per heavy atom. The van der Waals surface area contributed by atoms with E-state index in [0.29, 0.717) is 17.1 Å². The van der Waals surface area contributed by atoms with Crippen LogP contribution in [0.5, 0.6) is 0 Å². The Balaban J connectivity index is 1.61. The van der Waals surface area contributed by atoms with Crippen molar-refractivity contribution < 1.29 is 18.0 Å². The van der Waals surface area contributed by atoms with Crippen LogP contribution in [-0.4, -0.2) is 32.8 Å². The number of benzene rings is 2. The smallest absolute Gasteiger partial charge is 0.240 e. The molecule has 1 atom stereocenters. The van der Waals surface area contributed by atoms with E-state index in [-0.39, 0.29) is 35.7 Å². The highest BCUT2D eigenvalue weighted by molar-refractivity contribution is 7.89. The molecular weight excluding hydrogens is 414 g/mol. The molecule has 0 saturated carbocycles. The molecule has 154 valence electrons. The minimum absolute atomic E-state index is 0.0106. The Morgan fingerprint density at radius 3 is 2.66 bits per heavy atom. The summed E-state index contributed by atoms with van der Waals surface area (Å²) >= 11 is 5.87. The highest BCUT2D eigenvalue weighted by Crippen LogP contribution is 2.33. The lowest BCUT2D eigenvalue weighted by Crippen LogP contribution is -2.33. The quantitative estimate of drug-likeness (QED) is 0.729. The highest BCUT2D eigenvalue weighted by Gasteiger charge is 2.30. The van der Waals surface area contributed by atoms with Gasteiger partial charge in [-0.05, 0) is 55.3 Å². The molecule has 1 aliphatic rings. The van der Waals surface area contributed by atoms with Gasteiger partial charge in [0.1, 0.15) is 0 Å². The van der Waals surface area contributed by atoms with Crippen LogP contribution in [-0.2, 0) is 26.0 Å². The number of halogens is 1. The van der Waals surface area contributed by atoms with Crippen LogP contribution in [0.15, 0.2) is 47.4 Å². The van der Waals surface area contributed by atoms with E-state index in [1.165, 1.54) is 13.0 Å². The van der Waals surface area contributed by atoms with E-state index in [0.717, 1.165) is 11.3 Å². The van der Waals surface area contributed by atoms with Crippen molar-refractivity contribution in [2.75, 3.05) is 16.8 Å². The summed E-state index contributed by atoms with van der Waals surface area (Å²) in [6.07, 6.45) is 0.576. The number of nitrogens with zero attached hydrogens (tertiary/aromatic N) is 1. The molecule has 0 aromatic heterocycles.